The first-order valence-electron chi connectivity index (χ1n) is 8.80. The molecule has 0 unspecified atom stereocenters. The van der Waals surface area contributed by atoms with Gasteiger partial charge in [0, 0.05) is 11.1 Å². The highest BCUT2D eigenvalue weighted by molar-refractivity contribution is 5.77. The third kappa shape index (κ3) is 5.35. The Hall–Kier alpha value is -2.81. The molecule has 0 spiro atoms. The summed E-state index contributed by atoms with van der Waals surface area (Å²) in [5.74, 6) is 0.153. The van der Waals surface area contributed by atoms with Crippen LogP contribution in [0.1, 0.15) is 49.5 Å². The molecular formula is C23H26O3. The van der Waals surface area contributed by atoms with Crippen LogP contribution in [0.2, 0.25) is 0 Å². The number of phenols is 2. The monoisotopic (exact) mass is 350 g/mol. The molecule has 3 heteroatoms. The van der Waals surface area contributed by atoms with Crippen molar-refractivity contribution in [3.63, 3.8) is 0 Å². The smallest absolute Gasteiger partial charge is 0.150 e. The van der Waals surface area contributed by atoms with Crippen LogP contribution in [-0.2, 0) is 6.42 Å². The topological polar surface area (TPSA) is 57.5 Å². The minimum atomic E-state index is 0.0767. The first kappa shape index (κ1) is 19.5. The highest BCUT2D eigenvalue weighted by Crippen LogP contribution is 2.34. The molecule has 0 saturated carbocycles. The maximum atomic E-state index is 10.7. The summed E-state index contributed by atoms with van der Waals surface area (Å²) in [6, 6.07) is 10.3. The van der Waals surface area contributed by atoms with Gasteiger partial charge in [-0.2, -0.15) is 0 Å². The van der Waals surface area contributed by atoms with Gasteiger partial charge < -0.3 is 10.2 Å². The molecule has 2 aromatic carbocycles. The number of aromatic hydroxyl groups is 2. The van der Waals surface area contributed by atoms with Crippen molar-refractivity contribution in [1.82, 2.24) is 0 Å². The maximum absolute atomic E-state index is 10.7. The number of benzene rings is 2. The van der Waals surface area contributed by atoms with Gasteiger partial charge in [-0.1, -0.05) is 47.6 Å². The number of hydrogen-bond donors (Lipinski definition) is 2. The summed E-state index contributed by atoms with van der Waals surface area (Å²) in [5, 5.41) is 20.7. The first-order chi connectivity index (χ1) is 12.4. The Morgan fingerprint density at radius 1 is 0.923 bits per heavy atom. The van der Waals surface area contributed by atoms with Crippen molar-refractivity contribution in [3.05, 3.63) is 70.8 Å². The van der Waals surface area contributed by atoms with Crippen LogP contribution in [0.3, 0.4) is 0 Å². The van der Waals surface area contributed by atoms with Gasteiger partial charge in [0.15, 0.2) is 0 Å². The molecule has 2 rings (SSSR count). The summed E-state index contributed by atoms with van der Waals surface area (Å²) in [7, 11) is 0. The zero-order valence-corrected chi connectivity index (χ0v) is 15.6. The molecule has 136 valence electrons. The largest absolute Gasteiger partial charge is 0.507 e. The van der Waals surface area contributed by atoms with E-state index in [2.05, 4.69) is 26.8 Å². The molecular weight excluding hydrogens is 324 g/mol. The van der Waals surface area contributed by atoms with E-state index in [1.165, 1.54) is 11.1 Å². The van der Waals surface area contributed by atoms with E-state index in [1.54, 1.807) is 36.4 Å². The molecule has 0 heterocycles. The van der Waals surface area contributed by atoms with E-state index in [4.69, 9.17) is 0 Å². The number of carbonyl (C=O) groups excluding carboxylic acids is 1. The van der Waals surface area contributed by atoms with Crippen LogP contribution in [0.5, 0.6) is 11.5 Å². The molecule has 2 N–H and O–H groups in total. The molecule has 0 radical (unpaired) electrons. The van der Waals surface area contributed by atoms with Crippen molar-refractivity contribution in [1.29, 1.82) is 0 Å². The van der Waals surface area contributed by atoms with Gasteiger partial charge >= 0.3 is 0 Å². The second-order valence-electron chi connectivity index (χ2n) is 6.81. The Balaban J connectivity index is 2.15. The molecule has 0 aliphatic heterocycles. The molecule has 0 aliphatic carbocycles. The van der Waals surface area contributed by atoms with Gasteiger partial charge in [0.25, 0.3) is 0 Å². The lowest BCUT2D eigenvalue weighted by molar-refractivity contribution is 0.112. The molecule has 26 heavy (non-hydrogen) atoms. The molecule has 0 bridgehead atoms. The lowest BCUT2D eigenvalue weighted by Crippen LogP contribution is -1.89. The molecule has 2 aromatic rings. The summed E-state index contributed by atoms with van der Waals surface area (Å²) < 4.78 is 0. The predicted molar refractivity (Wildman–Crippen MR) is 107 cm³/mol. The lowest BCUT2D eigenvalue weighted by atomic mass is 9.99. The zero-order valence-electron chi connectivity index (χ0n) is 15.6. The summed E-state index contributed by atoms with van der Waals surface area (Å²) in [6.45, 7) is 6.24. The molecule has 0 amide bonds. The molecule has 0 aliphatic rings. The summed E-state index contributed by atoms with van der Waals surface area (Å²) in [4.78, 5) is 10.7. The van der Waals surface area contributed by atoms with Crippen LogP contribution in [0, 0.1) is 0 Å². The highest BCUT2D eigenvalue weighted by atomic mass is 16.3. The van der Waals surface area contributed by atoms with Crippen LogP contribution in [0.25, 0.3) is 11.1 Å². The van der Waals surface area contributed by atoms with Gasteiger partial charge in [0.05, 0.1) is 0 Å². The van der Waals surface area contributed by atoms with Crippen molar-refractivity contribution >= 4 is 6.29 Å². The Bertz CT molecular complexity index is 800. The maximum Gasteiger partial charge on any atom is 0.150 e. The quantitative estimate of drug-likeness (QED) is 0.489. The second kappa shape index (κ2) is 9.04. The normalized spacial score (nSPS) is 11.3. The number of aldehydes is 1. The highest BCUT2D eigenvalue weighted by Gasteiger charge is 2.10. The van der Waals surface area contributed by atoms with E-state index in [1.807, 2.05) is 6.08 Å². The molecule has 0 saturated heterocycles. The van der Waals surface area contributed by atoms with E-state index in [0.717, 1.165) is 24.7 Å². The Morgan fingerprint density at radius 3 is 2.08 bits per heavy atom. The van der Waals surface area contributed by atoms with Crippen molar-refractivity contribution < 1.29 is 15.0 Å². The van der Waals surface area contributed by atoms with Gasteiger partial charge in [-0.3, -0.25) is 4.79 Å². The van der Waals surface area contributed by atoms with E-state index < -0.39 is 0 Å². The van der Waals surface area contributed by atoms with Crippen LogP contribution < -0.4 is 0 Å². The van der Waals surface area contributed by atoms with E-state index in [9.17, 15) is 15.0 Å². The summed E-state index contributed by atoms with van der Waals surface area (Å²) in [5.41, 5.74) is 5.21. The fourth-order valence-corrected chi connectivity index (χ4v) is 2.74. The fraction of sp³-hybridized carbons (Fsp3) is 0.261. The molecule has 3 nitrogen and oxygen atoms in total. The van der Waals surface area contributed by atoms with Crippen molar-refractivity contribution in [2.75, 3.05) is 0 Å². The lowest BCUT2D eigenvalue weighted by Gasteiger charge is -2.10. The predicted octanol–water partition coefficient (Wildman–Crippen LogP) is 5.81. The van der Waals surface area contributed by atoms with Gasteiger partial charge in [-0.25, -0.2) is 0 Å². The molecule has 0 aromatic heterocycles. The Kier molecular flexibility index (Phi) is 6.79. The minimum Gasteiger partial charge on any atom is -0.507 e. The fourth-order valence-electron chi connectivity index (χ4n) is 2.74. The van der Waals surface area contributed by atoms with Gasteiger partial charge in [-0.15, -0.1) is 0 Å². The van der Waals surface area contributed by atoms with Crippen molar-refractivity contribution in [2.45, 2.75) is 40.0 Å². The van der Waals surface area contributed by atoms with Crippen LogP contribution in [-0.4, -0.2) is 16.5 Å². The minimum absolute atomic E-state index is 0.0767. The third-order valence-corrected chi connectivity index (χ3v) is 4.33. The molecule has 0 fully saturated rings. The van der Waals surface area contributed by atoms with Gasteiger partial charge in [0.1, 0.15) is 17.8 Å². The van der Waals surface area contributed by atoms with E-state index >= 15 is 0 Å². The zero-order chi connectivity index (χ0) is 19.1. The van der Waals surface area contributed by atoms with Crippen molar-refractivity contribution in [3.8, 4) is 22.6 Å². The van der Waals surface area contributed by atoms with E-state index in [-0.39, 0.29) is 11.5 Å². The number of rotatable bonds is 7. The number of carbonyl (C=O) groups is 1. The van der Waals surface area contributed by atoms with Crippen LogP contribution in [0.4, 0.5) is 0 Å². The van der Waals surface area contributed by atoms with E-state index in [0.29, 0.717) is 23.1 Å². The van der Waals surface area contributed by atoms with Gasteiger partial charge in [0.2, 0.25) is 0 Å². The number of allylic oxidation sites excluding steroid dienone is 4. The first-order valence-corrected chi connectivity index (χ1v) is 8.80. The number of phenolic OH excluding ortho intramolecular Hbond substituents is 2. The average Bonchev–Trinajstić information content (AvgIpc) is 2.60. The average molecular weight is 350 g/mol. The standard InChI is InChI=1S/C23H26O3/c1-16(2)5-4-6-17(3)7-12-21-22(25)13-20(14-23(21)26)19-10-8-18(15-24)9-11-19/h5,7-11,13-15,25-26H,4,6,12H2,1-3H3/b17-7+. The van der Waals surface area contributed by atoms with Crippen LogP contribution >= 0.6 is 0 Å². The summed E-state index contributed by atoms with van der Waals surface area (Å²) >= 11 is 0. The third-order valence-electron chi connectivity index (χ3n) is 4.33. The Morgan fingerprint density at radius 2 is 1.54 bits per heavy atom. The summed E-state index contributed by atoms with van der Waals surface area (Å²) in [6.07, 6.45) is 7.49. The SMILES string of the molecule is CC(C)=CCC/C(C)=C/Cc1c(O)cc(-c2ccc(C=O)cc2)cc1O. The van der Waals surface area contributed by atoms with Crippen molar-refractivity contribution in [2.24, 2.45) is 0 Å². The van der Waals surface area contributed by atoms with Gasteiger partial charge in [-0.05, 0) is 63.3 Å². The number of hydrogen-bond acceptors (Lipinski definition) is 3. The molecule has 0 atom stereocenters. The second-order valence-corrected chi connectivity index (χ2v) is 6.81. The Labute approximate surface area is 155 Å². The van der Waals surface area contributed by atoms with Crippen LogP contribution in [0.15, 0.2) is 59.7 Å².